The lowest BCUT2D eigenvalue weighted by molar-refractivity contribution is 0.136. The average molecular weight is 493 g/mol. The summed E-state index contributed by atoms with van der Waals surface area (Å²) >= 11 is 0. The van der Waals surface area contributed by atoms with Gasteiger partial charge in [-0.1, -0.05) is 6.92 Å². The zero-order valence-electron chi connectivity index (χ0n) is 17.4. The molecule has 7 heteroatoms. The number of aliphatic imine (C=N–C) groups is 1. The lowest BCUT2D eigenvalue weighted by Gasteiger charge is -2.33. The Morgan fingerprint density at radius 3 is 2.48 bits per heavy atom. The zero-order chi connectivity index (χ0) is 18.2. The van der Waals surface area contributed by atoms with Crippen molar-refractivity contribution in [3.8, 4) is 0 Å². The lowest BCUT2D eigenvalue weighted by atomic mass is 9.87. The molecule has 158 valence electrons. The van der Waals surface area contributed by atoms with E-state index in [1.165, 1.54) is 65.0 Å². The molecule has 3 saturated heterocycles. The predicted molar refractivity (Wildman–Crippen MR) is 123 cm³/mol. The van der Waals surface area contributed by atoms with E-state index in [4.69, 9.17) is 9.73 Å². The summed E-state index contributed by atoms with van der Waals surface area (Å²) in [5.74, 6) is 1.12. The summed E-state index contributed by atoms with van der Waals surface area (Å²) in [5.41, 5.74) is 0.400. The van der Waals surface area contributed by atoms with Gasteiger partial charge in [0.05, 0.1) is 6.61 Å². The maximum absolute atomic E-state index is 5.66. The van der Waals surface area contributed by atoms with Crippen LogP contribution in [-0.2, 0) is 4.74 Å². The van der Waals surface area contributed by atoms with Gasteiger partial charge in [-0.2, -0.15) is 0 Å². The van der Waals surface area contributed by atoms with E-state index in [0.29, 0.717) is 5.41 Å². The Kier molecular flexibility index (Phi) is 10.1. The Hall–Kier alpha value is -0.120. The van der Waals surface area contributed by atoms with Crippen LogP contribution < -0.4 is 5.32 Å². The first-order valence-electron chi connectivity index (χ1n) is 10.8. The molecule has 1 spiro atoms. The van der Waals surface area contributed by atoms with Crippen LogP contribution in [0.15, 0.2) is 4.99 Å². The number of rotatable bonds is 7. The van der Waals surface area contributed by atoms with E-state index >= 15 is 0 Å². The van der Waals surface area contributed by atoms with Gasteiger partial charge in [0, 0.05) is 64.4 Å². The van der Waals surface area contributed by atoms with E-state index in [9.17, 15) is 0 Å². The van der Waals surface area contributed by atoms with Crippen LogP contribution in [0.25, 0.3) is 0 Å². The molecule has 3 rings (SSSR count). The third-order valence-corrected chi connectivity index (χ3v) is 6.31. The van der Waals surface area contributed by atoms with E-state index in [0.717, 1.165) is 45.4 Å². The summed E-state index contributed by atoms with van der Waals surface area (Å²) in [6, 6.07) is 0. The molecule has 0 amide bonds. The second kappa shape index (κ2) is 11.8. The minimum atomic E-state index is 0. The number of hydrogen-bond donors (Lipinski definition) is 1. The van der Waals surface area contributed by atoms with Gasteiger partial charge < -0.3 is 24.8 Å². The molecule has 3 fully saturated rings. The predicted octanol–water partition coefficient (Wildman–Crippen LogP) is 2.10. The van der Waals surface area contributed by atoms with E-state index < -0.39 is 0 Å². The summed E-state index contributed by atoms with van der Waals surface area (Å²) < 4.78 is 5.66. The number of nitrogens with one attached hydrogen (secondary N) is 1. The number of nitrogens with zero attached hydrogens (tertiary/aromatic N) is 4. The molecule has 0 bridgehead atoms. The van der Waals surface area contributed by atoms with Gasteiger partial charge in [0.15, 0.2) is 5.96 Å². The summed E-state index contributed by atoms with van der Waals surface area (Å²) in [5, 5.41) is 3.50. The van der Waals surface area contributed by atoms with Crippen molar-refractivity contribution >= 4 is 29.9 Å². The molecule has 1 unspecified atom stereocenters. The maximum Gasteiger partial charge on any atom is 0.193 e. The van der Waals surface area contributed by atoms with Gasteiger partial charge >= 0.3 is 0 Å². The largest absolute Gasteiger partial charge is 0.381 e. The van der Waals surface area contributed by atoms with Crippen molar-refractivity contribution in [3.05, 3.63) is 0 Å². The van der Waals surface area contributed by atoms with Gasteiger partial charge in [-0.3, -0.25) is 4.99 Å². The maximum atomic E-state index is 5.66. The van der Waals surface area contributed by atoms with E-state index in [-0.39, 0.29) is 24.0 Å². The molecule has 1 N–H and O–H groups in total. The van der Waals surface area contributed by atoms with Gasteiger partial charge in [-0.15, -0.1) is 24.0 Å². The fourth-order valence-electron chi connectivity index (χ4n) is 4.47. The van der Waals surface area contributed by atoms with Crippen LogP contribution in [-0.4, -0.2) is 99.3 Å². The number of halogens is 1. The Morgan fingerprint density at radius 1 is 1.04 bits per heavy atom. The molecule has 27 heavy (non-hydrogen) atoms. The second-order valence-electron chi connectivity index (χ2n) is 8.19. The average Bonchev–Trinajstić information content (AvgIpc) is 3.31. The van der Waals surface area contributed by atoms with E-state index in [1.807, 2.05) is 0 Å². The first-order chi connectivity index (χ1) is 12.7. The number of likely N-dealkylation sites (N-methyl/N-ethyl adjacent to an activating group) is 1. The van der Waals surface area contributed by atoms with Gasteiger partial charge in [-0.25, -0.2) is 0 Å². The molecule has 1 atom stereocenters. The highest BCUT2D eigenvalue weighted by atomic mass is 127. The summed E-state index contributed by atoms with van der Waals surface area (Å²) in [7, 11) is 0. The van der Waals surface area contributed by atoms with Gasteiger partial charge in [0.1, 0.15) is 0 Å². The van der Waals surface area contributed by atoms with Crippen LogP contribution >= 0.6 is 24.0 Å². The molecular formula is C20H40IN5O. The first-order valence-corrected chi connectivity index (χ1v) is 10.8. The molecule has 0 saturated carbocycles. The molecule has 0 aromatic carbocycles. The molecule has 0 aromatic heterocycles. The molecular weight excluding hydrogens is 453 g/mol. The van der Waals surface area contributed by atoms with Crippen LogP contribution in [0.1, 0.15) is 39.5 Å². The Morgan fingerprint density at radius 2 is 1.81 bits per heavy atom. The minimum absolute atomic E-state index is 0. The monoisotopic (exact) mass is 493 g/mol. The van der Waals surface area contributed by atoms with Crippen molar-refractivity contribution in [1.29, 1.82) is 0 Å². The molecule has 0 aliphatic carbocycles. The molecule has 3 heterocycles. The minimum Gasteiger partial charge on any atom is -0.381 e. The van der Waals surface area contributed by atoms with Crippen molar-refractivity contribution in [2.24, 2.45) is 10.4 Å². The van der Waals surface area contributed by atoms with Gasteiger partial charge in [-0.05, 0) is 45.7 Å². The standard InChI is InChI=1S/C20H39N5O.HI/c1-3-21-19(25-11-7-20(17-25)8-16-26-18-20)22-9-5-6-10-24-14-12-23(4-2)13-15-24;/h3-18H2,1-2H3,(H,21,22);1H. The Balaban J connectivity index is 0.00000261. The number of likely N-dealkylation sites (tertiary alicyclic amines) is 1. The highest BCUT2D eigenvalue weighted by molar-refractivity contribution is 14.0. The van der Waals surface area contributed by atoms with Crippen LogP contribution in [0.3, 0.4) is 0 Å². The quantitative estimate of drug-likeness (QED) is 0.255. The number of guanidine groups is 1. The lowest BCUT2D eigenvalue weighted by Crippen LogP contribution is -2.46. The highest BCUT2D eigenvalue weighted by Gasteiger charge is 2.42. The number of piperazine rings is 1. The molecule has 0 aromatic rings. The fraction of sp³-hybridized carbons (Fsp3) is 0.950. The number of ether oxygens (including phenoxy) is 1. The Labute approximate surface area is 183 Å². The molecule has 0 radical (unpaired) electrons. The van der Waals surface area contributed by atoms with Crippen molar-refractivity contribution in [2.75, 3.05) is 78.7 Å². The van der Waals surface area contributed by atoms with E-state index in [2.05, 4.69) is 33.9 Å². The van der Waals surface area contributed by atoms with Gasteiger partial charge in [0.25, 0.3) is 0 Å². The van der Waals surface area contributed by atoms with Crippen LogP contribution in [0.4, 0.5) is 0 Å². The van der Waals surface area contributed by atoms with Crippen LogP contribution in [0, 0.1) is 5.41 Å². The van der Waals surface area contributed by atoms with E-state index in [1.54, 1.807) is 0 Å². The first kappa shape index (κ1) is 23.2. The summed E-state index contributed by atoms with van der Waals surface area (Å²) in [4.78, 5) is 12.5. The molecule has 3 aliphatic heterocycles. The molecule has 3 aliphatic rings. The van der Waals surface area contributed by atoms with Crippen molar-refractivity contribution in [2.45, 2.75) is 39.5 Å². The fourth-order valence-corrected chi connectivity index (χ4v) is 4.47. The second-order valence-corrected chi connectivity index (χ2v) is 8.19. The zero-order valence-corrected chi connectivity index (χ0v) is 19.7. The van der Waals surface area contributed by atoms with Crippen molar-refractivity contribution in [1.82, 2.24) is 20.0 Å². The highest BCUT2D eigenvalue weighted by Crippen LogP contribution is 2.38. The smallest absolute Gasteiger partial charge is 0.193 e. The van der Waals surface area contributed by atoms with Crippen LogP contribution in [0.2, 0.25) is 0 Å². The third kappa shape index (κ3) is 6.72. The SMILES string of the molecule is CCNC(=NCCCCN1CCN(CC)CC1)N1CCC2(CCOC2)C1.I. The topological polar surface area (TPSA) is 43.3 Å². The van der Waals surface area contributed by atoms with Crippen molar-refractivity contribution < 1.29 is 4.74 Å². The van der Waals surface area contributed by atoms with Crippen molar-refractivity contribution in [3.63, 3.8) is 0 Å². The Bertz CT molecular complexity index is 448. The van der Waals surface area contributed by atoms with Gasteiger partial charge in [0.2, 0.25) is 0 Å². The molecule has 6 nitrogen and oxygen atoms in total. The number of unbranched alkanes of at least 4 members (excludes halogenated alkanes) is 1. The summed E-state index contributed by atoms with van der Waals surface area (Å²) in [6.07, 6.45) is 4.91. The van der Waals surface area contributed by atoms with Crippen LogP contribution in [0.5, 0.6) is 0 Å². The normalized spacial score (nSPS) is 27.3. The number of hydrogen-bond acceptors (Lipinski definition) is 4. The summed E-state index contributed by atoms with van der Waals surface area (Å²) in [6.45, 7) is 17.8. The third-order valence-electron chi connectivity index (χ3n) is 6.31.